The largest absolute Gasteiger partial charge is 0.493 e. The quantitative estimate of drug-likeness (QED) is 0.472. The molecule has 1 aromatic carbocycles. The summed E-state index contributed by atoms with van der Waals surface area (Å²) in [6, 6.07) is 12.6. The Morgan fingerprint density at radius 1 is 1.00 bits per heavy atom. The number of rotatable bonds is 8. The average Bonchev–Trinajstić information content (AvgIpc) is 3.46. The molecule has 1 aliphatic rings. The van der Waals surface area contributed by atoms with E-state index in [2.05, 4.69) is 15.1 Å². The number of hydrogen-bond donors (Lipinski definition) is 0. The molecular weight excluding hydrogens is 462 g/mol. The summed E-state index contributed by atoms with van der Waals surface area (Å²) in [7, 11) is 3.19. The van der Waals surface area contributed by atoms with Gasteiger partial charge < -0.3 is 28.6 Å². The summed E-state index contributed by atoms with van der Waals surface area (Å²) < 4.78 is 15.9. The molecule has 0 N–H and O–H groups in total. The van der Waals surface area contributed by atoms with Gasteiger partial charge in [0.1, 0.15) is 6.54 Å². The van der Waals surface area contributed by atoms with Crippen molar-refractivity contribution >= 4 is 17.6 Å². The van der Waals surface area contributed by atoms with Gasteiger partial charge in [-0.3, -0.25) is 9.59 Å². The second-order valence-corrected chi connectivity index (χ2v) is 8.72. The van der Waals surface area contributed by atoms with Crippen LogP contribution in [-0.2, 0) is 4.79 Å². The van der Waals surface area contributed by atoms with Gasteiger partial charge in [-0.1, -0.05) is 0 Å². The van der Waals surface area contributed by atoms with Crippen molar-refractivity contribution in [3.05, 3.63) is 54.5 Å². The number of hydrogen-bond acceptors (Lipinski definition) is 8. The second kappa shape index (κ2) is 11.1. The first-order chi connectivity index (χ1) is 17.4. The summed E-state index contributed by atoms with van der Waals surface area (Å²) in [6.07, 6.45) is 1.45. The third-order valence-corrected chi connectivity index (χ3v) is 6.21. The zero-order chi connectivity index (χ0) is 25.7. The summed E-state index contributed by atoms with van der Waals surface area (Å²) in [4.78, 5) is 31.1. The number of nitrogens with zero attached hydrogens (tertiary/aromatic N) is 5. The predicted molar refractivity (Wildman–Crippen MR) is 134 cm³/mol. The molecule has 3 heterocycles. The van der Waals surface area contributed by atoms with E-state index in [4.69, 9.17) is 13.9 Å². The molecule has 1 aliphatic heterocycles. The number of carbonyl (C=O) groups is 2. The number of piperazine rings is 1. The maximum Gasteiger partial charge on any atom is 0.290 e. The highest BCUT2D eigenvalue weighted by molar-refractivity contribution is 5.94. The van der Waals surface area contributed by atoms with Crippen LogP contribution in [0.25, 0.3) is 11.3 Å². The van der Waals surface area contributed by atoms with Gasteiger partial charge in [0, 0.05) is 37.8 Å². The summed E-state index contributed by atoms with van der Waals surface area (Å²) in [5.41, 5.74) is 1.60. The number of anilines is 1. The van der Waals surface area contributed by atoms with E-state index in [-0.39, 0.29) is 30.2 Å². The Hall–Kier alpha value is -4.08. The van der Waals surface area contributed by atoms with Gasteiger partial charge in [-0.25, -0.2) is 0 Å². The highest BCUT2D eigenvalue weighted by atomic mass is 16.5. The molecule has 190 valence electrons. The number of benzene rings is 1. The predicted octanol–water partition coefficient (Wildman–Crippen LogP) is 2.95. The molecule has 0 spiro atoms. The normalized spacial score (nSPS) is 13.6. The lowest BCUT2D eigenvalue weighted by molar-refractivity contribution is -0.132. The lowest BCUT2D eigenvalue weighted by Gasteiger charge is -2.36. The van der Waals surface area contributed by atoms with Crippen molar-refractivity contribution in [2.24, 2.45) is 0 Å². The fourth-order valence-corrected chi connectivity index (χ4v) is 4.10. The van der Waals surface area contributed by atoms with Gasteiger partial charge in [-0.2, -0.15) is 0 Å². The minimum absolute atomic E-state index is 0.0109. The molecular formula is C26H31N5O5. The van der Waals surface area contributed by atoms with Gasteiger partial charge >= 0.3 is 0 Å². The Kier molecular flexibility index (Phi) is 7.72. The van der Waals surface area contributed by atoms with Crippen LogP contribution >= 0.6 is 0 Å². The number of aromatic nitrogens is 2. The zero-order valence-electron chi connectivity index (χ0n) is 21.0. The van der Waals surface area contributed by atoms with Crippen LogP contribution in [0.3, 0.4) is 0 Å². The molecule has 3 aromatic rings. The van der Waals surface area contributed by atoms with Crippen molar-refractivity contribution in [3.8, 4) is 22.8 Å². The van der Waals surface area contributed by atoms with Crippen LogP contribution in [0.15, 0.2) is 53.1 Å². The van der Waals surface area contributed by atoms with Gasteiger partial charge in [-0.05, 0) is 56.3 Å². The van der Waals surface area contributed by atoms with E-state index in [0.29, 0.717) is 37.7 Å². The van der Waals surface area contributed by atoms with E-state index in [0.717, 1.165) is 17.1 Å². The fourth-order valence-electron chi connectivity index (χ4n) is 4.10. The number of ether oxygens (including phenoxy) is 2. The fraction of sp³-hybridized carbons (Fsp3) is 0.385. The Morgan fingerprint density at radius 3 is 2.33 bits per heavy atom. The van der Waals surface area contributed by atoms with Gasteiger partial charge in [0.2, 0.25) is 5.91 Å². The Bertz CT molecular complexity index is 1170. The van der Waals surface area contributed by atoms with Crippen LogP contribution in [0.2, 0.25) is 0 Å². The number of amides is 2. The van der Waals surface area contributed by atoms with E-state index >= 15 is 0 Å². The topological polar surface area (TPSA) is 101 Å². The lowest BCUT2D eigenvalue weighted by atomic mass is 10.1. The molecule has 0 radical (unpaired) electrons. The molecule has 2 aromatic heterocycles. The van der Waals surface area contributed by atoms with Crippen molar-refractivity contribution < 1.29 is 23.5 Å². The summed E-state index contributed by atoms with van der Waals surface area (Å²) in [5.74, 6) is 1.90. The molecule has 10 nitrogen and oxygen atoms in total. The van der Waals surface area contributed by atoms with Gasteiger partial charge in [0.15, 0.2) is 23.1 Å². The Balaban J connectivity index is 1.35. The molecule has 0 saturated carbocycles. The molecule has 36 heavy (non-hydrogen) atoms. The molecule has 4 rings (SSSR count). The third-order valence-electron chi connectivity index (χ3n) is 6.21. The SMILES string of the molecule is COc1ccc(-c2ccc(N3CCN(C(=O)CN(C(=O)c4ccco4)C(C)C)CC3)nn2)cc1OC. The molecule has 10 heteroatoms. The molecule has 0 atom stereocenters. The van der Waals surface area contributed by atoms with E-state index in [9.17, 15) is 9.59 Å². The van der Waals surface area contributed by atoms with Crippen LogP contribution < -0.4 is 14.4 Å². The van der Waals surface area contributed by atoms with Crippen LogP contribution in [0, 0.1) is 0 Å². The first kappa shape index (κ1) is 25.0. The maximum absolute atomic E-state index is 13.0. The minimum atomic E-state index is -0.285. The smallest absolute Gasteiger partial charge is 0.290 e. The monoisotopic (exact) mass is 493 g/mol. The highest BCUT2D eigenvalue weighted by Crippen LogP contribution is 2.31. The van der Waals surface area contributed by atoms with Gasteiger partial charge in [-0.15, -0.1) is 10.2 Å². The van der Waals surface area contributed by atoms with Crippen LogP contribution in [0.4, 0.5) is 5.82 Å². The summed E-state index contributed by atoms with van der Waals surface area (Å²) in [5, 5.41) is 8.80. The van der Waals surface area contributed by atoms with E-state index < -0.39 is 0 Å². The molecule has 0 unspecified atom stereocenters. The van der Waals surface area contributed by atoms with Crippen molar-refractivity contribution in [2.45, 2.75) is 19.9 Å². The van der Waals surface area contributed by atoms with Crippen LogP contribution in [0.1, 0.15) is 24.4 Å². The molecule has 1 fully saturated rings. The Labute approximate surface area is 210 Å². The molecule has 0 aliphatic carbocycles. The lowest BCUT2D eigenvalue weighted by Crippen LogP contribution is -2.53. The van der Waals surface area contributed by atoms with Crippen LogP contribution in [0.5, 0.6) is 11.5 Å². The third kappa shape index (κ3) is 5.42. The first-order valence-electron chi connectivity index (χ1n) is 11.8. The number of furan rings is 1. The molecule has 1 saturated heterocycles. The van der Waals surface area contributed by atoms with Gasteiger partial charge in [0.25, 0.3) is 5.91 Å². The van der Waals surface area contributed by atoms with E-state index in [1.165, 1.54) is 11.2 Å². The zero-order valence-corrected chi connectivity index (χ0v) is 21.0. The van der Waals surface area contributed by atoms with E-state index in [1.54, 1.807) is 31.3 Å². The second-order valence-electron chi connectivity index (χ2n) is 8.72. The minimum Gasteiger partial charge on any atom is -0.493 e. The first-order valence-corrected chi connectivity index (χ1v) is 11.8. The Morgan fingerprint density at radius 2 is 1.75 bits per heavy atom. The maximum atomic E-state index is 13.0. The van der Waals surface area contributed by atoms with Crippen molar-refractivity contribution in [2.75, 3.05) is 51.8 Å². The van der Waals surface area contributed by atoms with E-state index in [1.807, 2.05) is 44.2 Å². The van der Waals surface area contributed by atoms with Crippen molar-refractivity contribution in [1.29, 1.82) is 0 Å². The number of carbonyl (C=O) groups excluding carboxylic acids is 2. The van der Waals surface area contributed by atoms with Crippen molar-refractivity contribution in [1.82, 2.24) is 20.0 Å². The summed E-state index contributed by atoms with van der Waals surface area (Å²) in [6.45, 7) is 6.12. The average molecular weight is 494 g/mol. The van der Waals surface area contributed by atoms with Crippen LogP contribution in [-0.4, -0.2) is 84.8 Å². The molecule has 0 bridgehead atoms. The van der Waals surface area contributed by atoms with Gasteiger partial charge in [0.05, 0.1) is 26.2 Å². The molecule has 2 amide bonds. The standard InChI is InChI=1S/C26H31N5O5/c1-18(2)31(26(33)22-6-5-15-36-22)17-25(32)30-13-11-29(12-14-30)24-10-8-20(27-28-24)19-7-9-21(34-3)23(16-19)35-4/h5-10,15-16,18H,11-14,17H2,1-4H3. The number of methoxy groups -OCH3 is 2. The highest BCUT2D eigenvalue weighted by Gasteiger charge is 2.28. The summed E-state index contributed by atoms with van der Waals surface area (Å²) >= 11 is 0. The van der Waals surface area contributed by atoms with Crippen molar-refractivity contribution in [3.63, 3.8) is 0 Å².